The smallest absolute Gasteiger partial charge is 0.462 e. The van der Waals surface area contributed by atoms with E-state index in [0.29, 0.717) is 25.7 Å². The Balaban J connectivity index is 5.24. The molecular weight excluding hydrogens is 1330 g/mol. The fourth-order valence-corrected chi connectivity index (χ4v) is 14.3. The standard InChI is InChI=1S/C83H162O17P2/c1-9-76(8)62-54-46-38-33-34-40-48-56-64-81(86)94-70-79(100-83(88)66-58-50-42-32-26-29-37-45-53-61-75(6)7)72-98-102(91,92)96-68-77(84)67-95-101(89,90)97-71-78(69-93-80(85)63-55-47-39-30-24-20-17-16-19-23-28-36-44-52-60-74(4)5)99-82(87)65-57-49-41-31-25-21-15-13-11-10-12-14-18-22-27-35-43-51-59-73(2)3/h73-79,84H,9-72H2,1-8H3,(H,89,90)(H,91,92)/t76?,77-,78-,79-/m1/s1. The number of phosphoric ester groups is 2. The summed E-state index contributed by atoms with van der Waals surface area (Å²) in [6, 6.07) is 0. The van der Waals surface area contributed by atoms with E-state index in [1.165, 1.54) is 231 Å². The Morgan fingerprint density at radius 1 is 0.275 bits per heavy atom. The minimum Gasteiger partial charge on any atom is -0.462 e. The summed E-state index contributed by atoms with van der Waals surface area (Å²) in [6.45, 7) is 14.3. The number of aliphatic hydroxyl groups excluding tert-OH is 1. The lowest BCUT2D eigenvalue weighted by Gasteiger charge is -2.21. The second-order valence-electron chi connectivity index (χ2n) is 31.5. The fraction of sp³-hybridized carbons (Fsp3) is 0.952. The predicted octanol–water partition coefficient (Wildman–Crippen LogP) is 24.8. The van der Waals surface area contributed by atoms with Crippen molar-refractivity contribution in [1.82, 2.24) is 0 Å². The third kappa shape index (κ3) is 74.9. The Labute approximate surface area is 626 Å². The summed E-state index contributed by atoms with van der Waals surface area (Å²) in [7, 11) is -9.92. The van der Waals surface area contributed by atoms with Crippen LogP contribution in [0.25, 0.3) is 0 Å². The lowest BCUT2D eigenvalue weighted by molar-refractivity contribution is -0.161. The number of ether oxygens (including phenoxy) is 4. The van der Waals surface area contributed by atoms with Gasteiger partial charge in [0.2, 0.25) is 0 Å². The first kappa shape index (κ1) is 100. The predicted molar refractivity (Wildman–Crippen MR) is 418 cm³/mol. The van der Waals surface area contributed by atoms with Gasteiger partial charge in [-0.3, -0.25) is 37.3 Å². The van der Waals surface area contributed by atoms with Crippen LogP contribution in [0.15, 0.2) is 0 Å². The second-order valence-corrected chi connectivity index (χ2v) is 34.4. The minimum absolute atomic E-state index is 0.105. The molecule has 606 valence electrons. The molecule has 0 aromatic heterocycles. The maximum Gasteiger partial charge on any atom is 0.472 e. The number of esters is 4. The number of unbranched alkanes of at least 4 members (excludes halogenated alkanes) is 45. The van der Waals surface area contributed by atoms with Gasteiger partial charge in [0.15, 0.2) is 12.2 Å². The van der Waals surface area contributed by atoms with E-state index in [0.717, 1.165) is 114 Å². The second kappa shape index (κ2) is 72.0. The van der Waals surface area contributed by atoms with Gasteiger partial charge in [-0.15, -0.1) is 0 Å². The zero-order chi connectivity index (χ0) is 75.3. The molecule has 0 aliphatic carbocycles. The van der Waals surface area contributed by atoms with E-state index < -0.39 is 97.5 Å². The molecule has 0 aliphatic heterocycles. The third-order valence-electron chi connectivity index (χ3n) is 19.7. The highest BCUT2D eigenvalue weighted by Crippen LogP contribution is 2.45. The first-order chi connectivity index (χ1) is 49.1. The molecule has 3 unspecified atom stereocenters. The Morgan fingerprint density at radius 2 is 0.471 bits per heavy atom. The number of rotatable bonds is 80. The lowest BCUT2D eigenvalue weighted by Crippen LogP contribution is -2.30. The van der Waals surface area contributed by atoms with Crippen molar-refractivity contribution in [2.24, 2.45) is 23.7 Å². The quantitative estimate of drug-likeness (QED) is 0.0222. The van der Waals surface area contributed by atoms with Crippen LogP contribution in [0.5, 0.6) is 0 Å². The molecule has 17 nitrogen and oxygen atoms in total. The summed E-state index contributed by atoms with van der Waals surface area (Å²) in [4.78, 5) is 73.1. The van der Waals surface area contributed by atoms with Crippen LogP contribution in [0.2, 0.25) is 0 Å². The molecule has 0 amide bonds. The van der Waals surface area contributed by atoms with Gasteiger partial charge in [-0.05, 0) is 49.4 Å². The Kier molecular flexibility index (Phi) is 70.6. The van der Waals surface area contributed by atoms with Gasteiger partial charge in [-0.1, -0.05) is 376 Å². The summed E-state index contributed by atoms with van der Waals surface area (Å²) in [6.07, 6.45) is 59.7. The molecule has 0 rings (SSSR count). The zero-order valence-corrected chi connectivity index (χ0v) is 69.0. The topological polar surface area (TPSA) is 237 Å². The SMILES string of the molecule is CCC(C)CCCCCCCCCCC(=O)OC[C@H](COP(=O)(O)OC[C@H](O)COP(=O)(O)OC[C@@H](COC(=O)CCCCCCCCCCCCCCCCC(C)C)OC(=O)CCCCCCCCCCCCCCCCCCCCC(C)C)OC(=O)CCCCCCCCCCCC(C)C. The molecule has 0 aliphatic rings. The van der Waals surface area contributed by atoms with Crippen LogP contribution in [0.4, 0.5) is 0 Å². The van der Waals surface area contributed by atoms with Crippen molar-refractivity contribution in [2.45, 2.75) is 446 Å². The molecule has 0 radical (unpaired) electrons. The van der Waals surface area contributed by atoms with Crippen molar-refractivity contribution < 1.29 is 80.2 Å². The maximum atomic E-state index is 13.1. The van der Waals surface area contributed by atoms with Crippen LogP contribution >= 0.6 is 15.6 Å². The Bertz CT molecular complexity index is 1990. The molecular formula is C83H162O17P2. The summed E-state index contributed by atoms with van der Waals surface area (Å²) < 4.78 is 68.8. The molecule has 3 N–H and O–H groups in total. The van der Waals surface area contributed by atoms with Crippen LogP contribution in [0.3, 0.4) is 0 Å². The summed E-state index contributed by atoms with van der Waals surface area (Å²) >= 11 is 0. The average molecular weight is 1490 g/mol. The highest BCUT2D eigenvalue weighted by atomic mass is 31.2. The molecule has 0 aromatic carbocycles. The first-order valence-corrected chi connectivity index (χ1v) is 45.7. The minimum atomic E-state index is -4.96. The number of aliphatic hydroxyl groups is 1. The van der Waals surface area contributed by atoms with E-state index in [1.807, 2.05) is 0 Å². The van der Waals surface area contributed by atoms with E-state index in [-0.39, 0.29) is 25.7 Å². The van der Waals surface area contributed by atoms with Crippen LogP contribution in [-0.4, -0.2) is 96.7 Å². The molecule has 0 spiro atoms. The monoisotopic (exact) mass is 1490 g/mol. The van der Waals surface area contributed by atoms with E-state index in [1.54, 1.807) is 0 Å². The van der Waals surface area contributed by atoms with Crippen molar-refractivity contribution in [1.29, 1.82) is 0 Å². The van der Waals surface area contributed by atoms with Crippen molar-refractivity contribution >= 4 is 39.5 Å². The summed E-state index contributed by atoms with van der Waals surface area (Å²) in [5, 5.41) is 10.7. The van der Waals surface area contributed by atoms with Crippen molar-refractivity contribution in [3.05, 3.63) is 0 Å². The molecule has 6 atom stereocenters. The van der Waals surface area contributed by atoms with Crippen LogP contribution in [-0.2, 0) is 65.4 Å². The molecule has 0 bridgehead atoms. The van der Waals surface area contributed by atoms with E-state index in [9.17, 15) is 43.2 Å². The molecule has 0 fully saturated rings. The Morgan fingerprint density at radius 3 is 0.696 bits per heavy atom. The number of hydrogen-bond acceptors (Lipinski definition) is 15. The van der Waals surface area contributed by atoms with Crippen molar-refractivity contribution in [3.63, 3.8) is 0 Å². The number of carbonyl (C=O) groups excluding carboxylic acids is 4. The summed E-state index contributed by atoms with van der Waals surface area (Å²) in [5.41, 5.74) is 0. The largest absolute Gasteiger partial charge is 0.472 e. The fourth-order valence-electron chi connectivity index (χ4n) is 12.8. The van der Waals surface area contributed by atoms with Gasteiger partial charge in [0.1, 0.15) is 19.3 Å². The van der Waals surface area contributed by atoms with Gasteiger partial charge in [-0.25, -0.2) is 9.13 Å². The third-order valence-corrected chi connectivity index (χ3v) is 21.6. The molecule has 19 heteroatoms. The van der Waals surface area contributed by atoms with Crippen LogP contribution in [0.1, 0.15) is 428 Å². The molecule has 0 aromatic rings. The normalized spacial score (nSPS) is 14.3. The molecule has 102 heavy (non-hydrogen) atoms. The van der Waals surface area contributed by atoms with Crippen molar-refractivity contribution in [2.75, 3.05) is 39.6 Å². The molecule has 0 saturated heterocycles. The number of hydrogen-bond donors (Lipinski definition) is 3. The van der Waals surface area contributed by atoms with Crippen molar-refractivity contribution in [3.8, 4) is 0 Å². The molecule has 0 heterocycles. The number of carbonyl (C=O) groups is 4. The first-order valence-electron chi connectivity index (χ1n) is 42.7. The molecule has 0 saturated carbocycles. The van der Waals surface area contributed by atoms with Gasteiger partial charge in [0.05, 0.1) is 26.4 Å². The average Bonchev–Trinajstić information content (AvgIpc) is 0.911. The van der Waals surface area contributed by atoms with Crippen LogP contribution in [0, 0.1) is 23.7 Å². The Hall–Kier alpha value is -1.94. The van der Waals surface area contributed by atoms with Gasteiger partial charge in [0, 0.05) is 25.7 Å². The van der Waals surface area contributed by atoms with E-state index in [2.05, 4.69) is 55.4 Å². The van der Waals surface area contributed by atoms with Crippen LogP contribution < -0.4 is 0 Å². The summed E-state index contributed by atoms with van der Waals surface area (Å²) in [5.74, 6) is 1.02. The maximum absolute atomic E-state index is 13.1. The highest BCUT2D eigenvalue weighted by molar-refractivity contribution is 7.47. The van der Waals surface area contributed by atoms with Gasteiger partial charge in [0.25, 0.3) is 0 Å². The van der Waals surface area contributed by atoms with E-state index >= 15 is 0 Å². The lowest BCUT2D eigenvalue weighted by atomic mass is 9.99. The highest BCUT2D eigenvalue weighted by Gasteiger charge is 2.30. The van der Waals surface area contributed by atoms with Gasteiger partial charge >= 0.3 is 39.5 Å². The van der Waals surface area contributed by atoms with Gasteiger partial charge < -0.3 is 33.8 Å². The zero-order valence-electron chi connectivity index (χ0n) is 67.2. The van der Waals surface area contributed by atoms with E-state index in [4.69, 9.17) is 37.0 Å². The number of phosphoric acid groups is 2. The van der Waals surface area contributed by atoms with Gasteiger partial charge in [-0.2, -0.15) is 0 Å².